The molecule has 0 aromatic heterocycles. The Labute approximate surface area is 126 Å². The van der Waals surface area contributed by atoms with Crippen molar-refractivity contribution in [1.29, 1.82) is 0 Å². The molecule has 1 unspecified atom stereocenters. The van der Waals surface area contributed by atoms with Crippen molar-refractivity contribution in [3.63, 3.8) is 0 Å². The molecule has 0 aliphatic heterocycles. The second-order valence-electron chi connectivity index (χ2n) is 5.19. The fourth-order valence-corrected chi connectivity index (χ4v) is 1.92. The predicted octanol–water partition coefficient (Wildman–Crippen LogP) is 1.04. The maximum absolute atomic E-state index is 11.8. The number of likely N-dealkylation sites (N-methyl/N-ethyl adjacent to an activating group) is 1. The number of hydrogen-bond donors (Lipinski definition) is 3. The van der Waals surface area contributed by atoms with E-state index in [-0.39, 0.29) is 12.5 Å². The highest BCUT2D eigenvalue weighted by Crippen LogP contribution is 2.25. The van der Waals surface area contributed by atoms with Gasteiger partial charge >= 0.3 is 12.0 Å². The van der Waals surface area contributed by atoms with Crippen LogP contribution in [-0.4, -0.2) is 54.1 Å². The van der Waals surface area contributed by atoms with Gasteiger partial charge in [0.1, 0.15) is 6.04 Å². The number of aliphatic carboxylic acids is 1. The number of carboxylic acids is 1. The third-order valence-corrected chi connectivity index (χ3v) is 3.96. The van der Waals surface area contributed by atoms with Gasteiger partial charge in [0.2, 0.25) is 5.91 Å². The van der Waals surface area contributed by atoms with Gasteiger partial charge in [-0.2, -0.15) is 0 Å². The molecular weight excluding hydrogens is 274 g/mol. The molecule has 0 rings (SSSR count). The molecule has 0 saturated heterocycles. The molecule has 3 N–H and O–H groups in total. The van der Waals surface area contributed by atoms with Gasteiger partial charge < -0.3 is 20.6 Å². The van der Waals surface area contributed by atoms with Crippen LogP contribution in [-0.2, 0) is 9.59 Å². The molecular formula is C14H27N3O4. The molecule has 0 aromatic rings. The smallest absolute Gasteiger partial charge is 0.315 e. The highest BCUT2D eigenvalue weighted by atomic mass is 16.4. The second kappa shape index (κ2) is 8.49. The Balaban J connectivity index is 4.51. The third kappa shape index (κ3) is 5.24. The van der Waals surface area contributed by atoms with Crippen LogP contribution >= 0.6 is 0 Å². The Morgan fingerprint density at radius 1 is 1.19 bits per heavy atom. The van der Waals surface area contributed by atoms with Crippen LogP contribution in [0.4, 0.5) is 4.79 Å². The quantitative estimate of drug-likeness (QED) is 0.624. The van der Waals surface area contributed by atoms with E-state index in [2.05, 4.69) is 10.6 Å². The third-order valence-electron chi connectivity index (χ3n) is 3.96. The number of carbonyl (C=O) groups is 3. The summed E-state index contributed by atoms with van der Waals surface area (Å²) in [4.78, 5) is 36.4. The van der Waals surface area contributed by atoms with E-state index >= 15 is 0 Å². The van der Waals surface area contributed by atoms with Gasteiger partial charge in [-0.1, -0.05) is 13.8 Å². The summed E-state index contributed by atoms with van der Waals surface area (Å²) in [6, 6.07) is -1.19. The average molecular weight is 301 g/mol. The number of amides is 3. The molecule has 0 aliphatic carbocycles. The minimum absolute atomic E-state index is 0.0334. The van der Waals surface area contributed by atoms with Crippen molar-refractivity contribution < 1.29 is 19.5 Å². The highest BCUT2D eigenvalue weighted by Gasteiger charge is 2.35. The van der Waals surface area contributed by atoms with Crippen LogP contribution in [0.3, 0.4) is 0 Å². The summed E-state index contributed by atoms with van der Waals surface area (Å²) < 4.78 is 0. The molecule has 0 aliphatic rings. The van der Waals surface area contributed by atoms with Crippen LogP contribution in [0.5, 0.6) is 0 Å². The minimum atomic E-state index is -0.967. The lowest BCUT2D eigenvalue weighted by Crippen LogP contribution is -2.51. The Morgan fingerprint density at radius 2 is 1.71 bits per heavy atom. The monoisotopic (exact) mass is 301 g/mol. The first-order valence-corrected chi connectivity index (χ1v) is 7.26. The summed E-state index contributed by atoms with van der Waals surface area (Å²) in [5.41, 5.74) is -0.967. The Morgan fingerprint density at radius 3 is 2.10 bits per heavy atom. The van der Waals surface area contributed by atoms with E-state index in [0.717, 1.165) is 0 Å². The van der Waals surface area contributed by atoms with Gasteiger partial charge in [0.15, 0.2) is 0 Å². The van der Waals surface area contributed by atoms with E-state index < -0.39 is 23.5 Å². The first-order chi connectivity index (χ1) is 9.73. The number of carboxylic acid groups (broad SMARTS) is 1. The van der Waals surface area contributed by atoms with Crippen molar-refractivity contribution in [2.75, 3.05) is 20.1 Å². The lowest BCUT2D eigenvalue weighted by Gasteiger charge is -2.27. The molecule has 7 nitrogen and oxygen atoms in total. The van der Waals surface area contributed by atoms with Crippen molar-refractivity contribution in [2.24, 2.45) is 5.41 Å². The van der Waals surface area contributed by atoms with Gasteiger partial charge in [0, 0.05) is 20.1 Å². The molecule has 0 radical (unpaired) electrons. The maximum Gasteiger partial charge on any atom is 0.315 e. The van der Waals surface area contributed by atoms with Crippen molar-refractivity contribution in [1.82, 2.24) is 15.5 Å². The van der Waals surface area contributed by atoms with Crippen molar-refractivity contribution in [3.8, 4) is 0 Å². The second-order valence-corrected chi connectivity index (χ2v) is 5.19. The van der Waals surface area contributed by atoms with E-state index in [9.17, 15) is 19.5 Å². The topological polar surface area (TPSA) is 98.7 Å². The van der Waals surface area contributed by atoms with Crippen molar-refractivity contribution in [3.05, 3.63) is 0 Å². The Kier molecular flexibility index (Phi) is 7.76. The summed E-state index contributed by atoms with van der Waals surface area (Å²) in [5, 5.41) is 14.3. The molecule has 122 valence electrons. The van der Waals surface area contributed by atoms with Gasteiger partial charge in [-0.15, -0.1) is 0 Å². The largest absolute Gasteiger partial charge is 0.481 e. The first-order valence-electron chi connectivity index (χ1n) is 7.26. The summed E-state index contributed by atoms with van der Waals surface area (Å²) in [7, 11) is 1.65. The number of urea groups is 1. The molecule has 1 atom stereocenters. The van der Waals surface area contributed by atoms with Crippen LogP contribution in [0.2, 0.25) is 0 Å². The maximum atomic E-state index is 11.8. The summed E-state index contributed by atoms with van der Waals surface area (Å²) in [6.07, 6.45) is 0.846. The lowest BCUT2D eigenvalue weighted by atomic mass is 9.82. The molecule has 3 amide bonds. The van der Waals surface area contributed by atoms with Gasteiger partial charge in [-0.3, -0.25) is 9.59 Å². The van der Waals surface area contributed by atoms with E-state index in [1.807, 2.05) is 6.92 Å². The van der Waals surface area contributed by atoms with Crippen molar-refractivity contribution >= 4 is 17.9 Å². The Bertz CT molecular complexity index is 380. The Hall–Kier alpha value is -1.79. The first kappa shape index (κ1) is 19.2. The predicted molar refractivity (Wildman–Crippen MR) is 80.0 cm³/mol. The number of nitrogens with zero attached hydrogens (tertiary/aromatic N) is 1. The lowest BCUT2D eigenvalue weighted by molar-refractivity contribution is -0.149. The molecule has 0 fully saturated rings. The zero-order valence-corrected chi connectivity index (χ0v) is 13.5. The summed E-state index contributed by atoms with van der Waals surface area (Å²) in [5.74, 6) is -1.12. The van der Waals surface area contributed by atoms with Gasteiger partial charge in [-0.05, 0) is 26.7 Å². The van der Waals surface area contributed by atoms with E-state index in [4.69, 9.17) is 0 Å². The fourth-order valence-electron chi connectivity index (χ4n) is 1.92. The van der Waals surface area contributed by atoms with Crippen molar-refractivity contribution in [2.45, 2.75) is 46.6 Å². The van der Waals surface area contributed by atoms with Gasteiger partial charge in [-0.25, -0.2) is 4.79 Å². The number of hydrogen-bond acceptors (Lipinski definition) is 3. The van der Waals surface area contributed by atoms with Gasteiger partial charge in [0.05, 0.1) is 5.41 Å². The summed E-state index contributed by atoms with van der Waals surface area (Å²) in [6.45, 7) is 7.58. The van der Waals surface area contributed by atoms with Crippen LogP contribution in [0, 0.1) is 5.41 Å². The van der Waals surface area contributed by atoms with E-state index in [0.29, 0.717) is 19.4 Å². The SMILES string of the molecule is CCN(C)C(=O)C(C)NC(=O)NCC(CC)(CC)C(=O)O. The highest BCUT2D eigenvalue weighted by molar-refractivity contribution is 5.86. The van der Waals surface area contributed by atoms with E-state index in [1.54, 1.807) is 27.8 Å². The number of rotatable bonds is 8. The fraction of sp³-hybridized carbons (Fsp3) is 0.786. The van der Waals surface area contributed by atoms with E-state index in [1.165, 1.54) is 4.90 Å². The normalized spacial score (nSPS) is 12.4. The van der Waals surface area contributed by atoms with Crippen LogP contribution in [0.1, 0.15) is 40.5 Å². The standard InChI is InChI=1S/C14H27N3O4/c1-6-14(7-2,12(19)20)9-15-13(21)16-10(4)11(18)17(5)8-3/h10H,6-9H2,1-5H3,(H,19,20)(H2,15,16,21). The summed E-state index contributed by atoms with van der Waals surface area (Å²) >= 11 is 0. The van der Waals surface area contributed by atoms with Gasteiger partial charge in [0.25, 0.3) is 0 Å². The average Bonchev–Trinajstić information content (AvgIpc) is 2.46. The zero-order valence-electron chi connectivity index (χ0n) is 13.5. The zero-order chi connectivity index (χ0) is 16.6. The molecule has 21 heavy (non-hydrogen) atoms. The molecule has 0 spiro atoms. The molecule has 0 heterocycles. The molecule has 0 saturated carbocycles. The molecule has 0 aromatic carbocycles. The number of nitrogens with one attached hydrogen (secondary N) is 2. The molecule has 0 bridgehead atoms. The van der Waals surface area contributed by atoms with Crippen LogP contribution in [0.25, 0.3) is 0 Å². The minimum Gasteiger partial charge on any atom is -0.481 e. The van der Waals surface area contributed by atoms with Crippen LogP contribution in [0.15, 0.2) is 0 Å². The van der Waals surface area contributed by atoms with Crippen LogP contribution < -0.4 is 10.6 Å². The number of carbonyl (C=O) groups excluding carboxylic acids is 2. The molecule has 7 heteroatoms.